The molecule has 0 atom stereocenters. The Labute approximate surface area is 118 Å². The van der Waals surface area contributed by atoms with Gasteiger partial charge in [0.05, 0.1) is 0 Å². The first-order valence-electron chi connectivity index (χ1n) is 5.64. The molecule has 0 aromatic carbocycles. The summed E-state index contributed by atoms with van der Waals surface area (Å²) in [6.07, 6.45) is 0. The molecule has 2 heterocycles. The van der Waals surface area contributed by atoms with Crippen LogP contribution in [-0.4, -0.2) is 20.7 Å². The van der Waals surface area contributed by atoms with Crippen LogP contribution < -0.4 is 18.9 Å². The largest absolute Gasteiger partial charge is 1.00 e. The van der Waals surface area contributed by atoms with Crippen LogP contribution in [0.3, 0.4) is 0 Å². The van der Waals surface area contributed by atoms with E-state index >= 15 is 0 Å². The third-order valence-corrected chi connectivity index (χ3v) is 14.8. The molecule has 1 aliphatic rings. The van der Waals surface area contributed by atoms with Crippen LogP contribution in [0, 0.1) is 5.38 Å². The standard InChI is InChI=1S/C11H20NSSi2.Li/c1-14(2)8-9-15(3,4)12(14)10-11-6-5-7-13-11;/h5-6H,8-10H2,1-4H3;/q-1;+1. The SMILES string of the molecule is C[Si]1(C)CC[Si](C)(C)N1Cc1cc[c-]s1.[Li+]. The van der Waals surface area contributed by atoms with Crippen molar-refractivity contribution in [2.75, 3.05) is 0 Å². The predicted molar refractivity (Wildman–Crippen MR) is 73.3 cm³/mol. The van der Waals surface area contributed by atoms with Gasteiger partial charge in [-0.2, -0.15) is 12.1 Å². The van der Waals surface area contributed by atoms with E-state index in [1.165, 1.54) is 23.5 Å². The van der Waals surface area contributed by atoms with Crippen LogP contribution in [0.15, 0.2) is 12.1 Å². The minimum Gasteiger partial charge on any atom is -0.352 e. The minimum atomic E-state index is -1.07. The van der Waals surface area contributed by atoms with E-state index in [1.807, 2.05) is 0 Å². The molecule has 5 heteroatoms. The summed E-state index contributed by atoms with van der Waals surface area (Å²) in [5.74, 6) is 0. The second kappa shape index (κ2) is 5.13. The van der Waals surface area contributed by atoms with Crippen LogP contribution in [0.5, 0.6) is 0 Å². The first kappa shape index (κ1) is 14.8. The fourth-order valence-electron chi connectivity index (χ4n) is 2.64. The van der Waals surface area contributed by atoms with Gasteiger partial charge in [-0.05, 0) is 18.6 Å². The maximum Gasteiger partial charge on any atom is 1.00 e. The summed E-state index contributed by atoms with van der Waals surface area (Å²) >= 11 is 1.79. The average molecular weight is 261 g/mol. The van der Waals surface area contributed by atoms with Crippen molar-refractivity contribution >= 4 is 27.8 Å². The van der Waals surface area contributed by atoms with Crippen LogP contribution in [-0.2, 0) is 6.54 Å². The summed E-state index contributed by atoms with van der Waals surface area (Å²) in [5.41, 5.74) is 0. The van der Waals surface area contributed by atoms with E-state index in [4.69, 9.17) is 0 Å². The molecule has 1 aromatic heterocycles. The van der Waals surface area contributed by atoms with E-state index in [2.05, 4.69) is 47.9 Å². The molecule has 0 aliphatic carbocycles. The molecule has 1 aliphatic heterocycles. The third kappa shape index (κ3) is 2.92. The fraction of sp³-hybridized carbons (Fsp3) is 0.636. The molecule has 0 N–H and O–H groups in total. The minimum absolute atomic E-state index is 0. The molecule has 0 saturated carbocycles. The van der Waals surface area contributed by atoms with Crippen molar-refractivity contribution < 1.29 is 18.9 Å². The maximum absolute atomic E-state index is 3.20. The van der Waals surface area contributed by atoms with E-state index in [-0.39, 0.29) is 18.9 Å². The summed E-state index contributed by atoms with van der Waals surface area (Å²) < 4.78 is 2.92. The molecule has 0 bridgehead atoms. The molecular formula is C11H20LiNSSi2. The summed E-state index contributed by atoms with van der Waals surface area (Å²) in [4.78, 5) is 1.50. The second-order valence-electron chi connectivity index (χ2n) is 5.73. The zero-order chi connectivity index (χ0) is 11.1. The maximum atomic E-state index is 3.20. The van der Waals surface area contributed by atoms with Crippen molar-refractivity contribution in [3.8, 4) is 0 Å². The van der Waals surface area contributed by atoms with Crippen LogP contribution in [0.4, 0.5) is 0 Å². The Balaban J connectivity index is 0.00000128. The van der Waals surface area contributed by atoms with E-state index in [9.17, 15) is 0 Å². The van der Waals surface area contributed by atoms with Gasteiger partial charge < -0.3 is 4.23 Å². The van der Waals surface area contributed by atoms with Gasteiger partial charge in [-0.25, -0.2) is 0 Å². The molecule has 0 unspecified atom stereocenters. The molecule has 0 spiro atoms. The van der Waals surface area contributed by atoms with Gasteiger partial charge in [-0.1, -0.05) is 26.2 Å². The third-order valence-electron chi connectivity index (χ3n) is 3.65. The van der Waals surface area contributed by atoms with Gasteiger partial charge in [0.1, 0.15) is 16.5 Å². The summed E-state index contributed by atoms with van der Waals surface area (Å²) in [6.45, 7) is 11.3. The number of thiophene rings is 1. The molecule has 1 fully saturated rings. The topological polar surface area (TPSA) is 3.24 Å². The van der Waals surface area contributed by atoms with E-state index < -0.39 is 16.5 Å². The van der Waals surface area contributed by atoms with Crippen LogP contribution in [0.2, 0.25) is 38.3 Å². The van der Waals surface area contributed by atoms with Crippen LogP contribution in [0.1, 0.15) is 4.88 Å². The van der Waals surface area contributed by atoms with Crippen LogP contribution in [0.25, 0.3) is 0 Å². The zero-order valence-corrected chi connectivity index (χ0v) is 13.9. The zero-order valence-electron chi connectivity index (χ0n) is 11.1. The van der Waals surface area contributed by atoms with Crippen molar-refractivity contribution in [1.82, 2.24) is 4.23 Å². The number of hydrogen-bond acceptors (Lipinski definition) is 2. The molecule has 1 aromatic rings. The van der Waals surface area contributed by atoms with Crippen molar-refractivity contribution in [1.29, 1.82) is 0 Å². The number of rotatable bonds is 2. The van der Waals surface area contributed by atoms with Gasteiger partial charge in [0.2, 0.25) is 0 Å². The Morgan fingerprint density at radius 3 is 2.25 bits per heavy atom. The first-order valence-corrected chi connectivity index (χ1v) is 12.8. The Hall–Kier alpha value is 0.691. The van der Waals surface area contributed by atoms with Crippen molar-refractivity contribution in [2.45, 2.75) is 44.8 Å². The van der Waals surface area contributed by atoms with E-state index in [0.29, 0.717) is 0 Å². The van der Waals surface area contributed by atoms with Crippen LogP contribution >= 0.6 is 11.3 Å². The molecule has 1 saturated heterocycles. The van der Waals surface area contributed by atoms with E-state index in [1.54, 1.807) is 11.3 Å². The Kier molecular flexibility index (Phi) is 4.73. The van der Waals surface area contributed by atoms with Gasteiger partial charge in [-0.15, -0.1) is 10.3 Å². The Bertz CT molecular complexity index is 322. The molecule has 84 valence electrons. The van der Waals surface area contributed by atoms with Gasteiger partial charge in [-0.3, -0.25) is 11.3 Å². The van der Waals surface area contributed by atoms with Crippen molar-refractivity contribution in [3.63, 3.8) is 0 Å². The average Bonchev–Trinajstić information content (AvgIpc) is 2.69. The quantitative estimate of drug-likeness (QED) is 0.562. The Morgan fingerprint density at radius 1 is 1.25 bits per heavy atom. The number of hydrogen-bond donors (Lipinski definition) is 0. The van der Waals surface area contributed by atoms with Gasteiger partial charge >= 0.3 is 18.9 Å². The summed E-state index contributed by atoms with van der Waals surface area (Å²) in [5, 5.41) is 3.20. The number of nitrogens with zero attached hydrogens (tertiary/aromatic N) is 1. The Morgan fingerprint density at radius 2 is 1.81 bits per heavy atom. The normalized spacial score (nSPS) is 23.0. The second-order valence-corrected chi connectivity index (χ2v) is 16.5. The van der Waals surface area contributed by atoms with E-state index in [0.717, 1.165) is 0 Å². The molecule has 0 radical (unpaired) electrons. The molecule has 16 heavy (non-hydrogen) atoms. The van der Waals surface area contributed by atoms with Gasteiger partial charge in [0.15, 0.2) is 0 Å². The van der Waals surface area contributed by atoms with Gasteiger partial charge in [0, 0.05) is 0 Å². The monoisotopic (exact) mass is 261 g/mol. The predicted octanol–water partition coefficient (Wildman–Crippen LogP) is 0.778. The molecular weight excluding hydrogens is 241 g/mol. The molecule has 1 nitrogen and oxygen atoms in total. The van der Waals surface area contributed by atoms with Crippen molar-refractivity contribution in [3.05, 3.63) is 22.4 Å². The fourth-order valence-corrected chi connectivity index (χ4v) is 17.3. The summed E-state index contributed by atoms with van der Waals surface area (Å²) in [6, 6.07) is 7.29. The van der Waals surface area contributed by atoms with Gasteiger partial charge in [0.25, 0.3) is 0 Å². The summed E-state index contributed by atoms with van der Waals surface area (Å²) in [7, 11) is -2.15. The molecule has 0 amide bonds. The first-order chi connectivity index (χ1) is 6.92. The molecule has 2 rings (SSSR count). The van der Waals surface area contributed by atoms with Crippen molar-refractivity contribution in [2.24, 2.45) is 0 Å². The smallest absolute Gasteiger partial charge is 0.352 e.